The molecule has 1 aliphatic heterocycles. The van der Waals surface area contributed by atoms with Gasteiger partial charge in [-0.3, -0.25) is 9.59 Å². The van der Waals surface area contributed by atoms with Crippen molar-refractivity contribution in [3.05, 3.63) is 15.6 Å². The SMILES string of the molecule is Cc1nc(C)c(CC(=O)N[C@@H]2COCC[C@@H]2OCC(N)=O)s1. The molecule has 1 saturated heterocycles. The highest BCUT2D eigenvalue weighted by Crippen LogP contribution is 2.18. The van der Waals surface area contributed by atoms with Crippen LogP contribution in [0.1, 0.15) is 22.0 Å². The lowest BCUT2D eigenvalue weighted by Crippen LogP contribution is -2.51. The molecule has 1 fully saturated rings. The first kappa shape index (κ1) is 16.9. The Labute approximate surface area is 133 Å². The van der Waals surface area contributed by atoms with E-state index in [9.17, 15) is 9.59 Å². The number of aryl methyl sites for hydroxylation is 2. The fourth-order valence-corrected chi connectivity index (χ4v) is 3.32. The summed E-state index contributed by atoms with van der Waals surface area (Å²) in [7, 11) is 0. The topological polar surface area (TPSA) is 104 Å². The standard InChI is InChI=1S/C14H21N3O4S/c1-8-12(22-9(2)16-8)5-14(19)17-10-6-20-4-3-11(10)21-7-13(15)18/h10-11H,3-7H2,1-2H3,(H2,15,18)(H,17,19)/t10-,11+/m1/s1. The Kier molecular flexibility index (Phi) is 5.87. The van der Waals surface area contributed by atoms with Crippen LogP contribution in [0.15, 0.2) is 0 Å². The first-order valence-electron chi connectivity index (χ1n) is 7.15. The highest BCUT2D eigenvalue weighted by atomic mass is 32.1. The second-order valence-corrected chi connectivity index (χ2v) is 6.56. The van der Waals surface area contributed by atoms with Crippen molar-refractivity contribution in [3.8, 4) is 0 Å². The summed E-state index contributed by atoms with van der Waals surface area (Å²) in [4.78, 5) is 28.3. The van der Waals surface area contributed by atoms with Crippen LogP contribution in [0.4, 0.5) is 0 Å². The molecule has 0 bridgehead atoms. The quantitative estimate of drug-likeness (QED) is 0.770. The van der Waals surface area contributed by atoms with Gasteiger partial charge in [-0.2, -0.15) is 0 Å². The van der Waals surface area contributed by atoms with Gasteiger partial charge in [0.2, 0.25) is 11.8 Å². The number of carbonyl (C=O) groups is 2. The first-order chi connectivity index (χ1) is 10.5. The van der Waals surface area contributed by atoms with E-state index in [0.29, 0.717) is 19.6 Å². The van der Waals surface area contributed by atoms with E-state index >= 15 is 0 Å². The van der Waals surface area contributed by atoms with Crippen LogP contribution in [-0.4, -0.2) is 48.8 Å². The molecule has 3 N–H and O–H groups in total. The van der Waals surface area contributed by atoms with Gasteiger partial charge in [0.1, 0.15) is 6.61 Å². The second kappa shape index (κ2) is 7.66. The summed E-state index contributed by atoms with van der Waals surface area (Å²) >= 11 is 1.52. The maximum absolute atomic E-state index is 12.2. The Morgan fingerprint density at radius 2 is 2.27 bits per heavy atom. The monoisotopic (exact) mass is 327 g/mol. The molecule has 1 aromatic heterocycles. The molecule has 0 aromatic carbocycles. The van der Waals surface area contributed by atoms with Gasteiger partial charge in [-0.1, -0.05) is 0 Å². The number of nitrogens with zero attached hydrogens (tertiary/aromatic N) is 1. The molecule has 122 valence electrons. The highest BCUT2D eigenvalue weighted by molar-refractivity contribution is 7.11. The lowest BCUT2D eigenvalue weighted by molar-refractivity contribution is -0.131. The predicted molar refractivity (Wildman–Crippen MR) is 81.6 cm³/mol. The molecule has 1 aromatic rings. The number of nitrogens with two attached hydrogens (primary N) is 1. The van der Waals surface area contributed by atoms with Gasteiger partial charge in [0, 0.05) is 11.5 Å². The molecule has 1 aliphatic rings. The van der Waals surface area contributed by atoms with Crippen LogP contribution >= 0.6 is 11.3 Å². The van der Waals surface area contributed by atoms with Crippen molar-refractivity contribution in [2.75, 3.05) is 19.8 Å². The van der Waals surface area contributed by atoms with Crippen LogP contribution in [0.2, 0.25) is 0 Å². The highest BCUT2D eigenvalue weighted by Gasteiger charge is 2.28. The molecule has 0 saturated carbocycles. The molecular formula is C14H21N3O4S. The number of nitrogens with one attached hydrogen (secondary N) is 1. The van der Waals surface area contributed by atoms with Gasteiger partial charge in [0.25, 0.3) is 0 Å². The normalized spacial score (nSPS) is 21.5. The fourth-order valence-electron chi connectivity index (χ4n) is 2.38. The number of aromatic nitrogens is 1. The van der Waals surface area contributed by atoms with Gasteiger partial charge < -0.3 is 20.5 Å². The molecule has 22 heavy (non-hydrogen) atoms. The number of thiazole rings is 1. The van der Waals surface area contributed by atoms with Crippen molar-refractivity contribution in [2.24, 2.45) is 5.73 Å². The summed E-state index contributed by atoms with van der Waals surface area (Å²) < 4.78 is 10.8. The summed E-state index contributed by atoms with van der Waals surface area (Å²) in [5, 5.41) is 3.86. The Balaban J connectivity index is 1.90. The summed E-state index contributed by atoms with van der Waals surface area (Å²) in [6.07, 6.45) is 0.655. The Morgan fingerprint density at radius 3 is 2.91 bits per heavy atom. The molecular weight excluding hydrogens is 306 g/mol. The zero-order chi connectivity index (χ0) is 16.1. The molecule has 0 aliphatic carbocycles. The zero-order valence-corrected chi connectivity index (χ0v) is 13.6. The van der Waals surface area contributed by atoms with Gasteiger partial charge in [0.05, 0.1) is 35.9 Å². The van der Waals surface area contributed by atoms with Crippen LogP contribution in [0.5, 0.6) is 0 Å². The van der Waals surface area contributed by atoms with Gasteiger partial charge >= 0.3 is 0 Å². The Morgan fingerprint density at radius 1 is 1.50 bits per heavy atom. The van der Waals surface area contributed by atoms with E-state index in [-0.39, 0.29) is 31.1 Å². The number of primary amides is 1. The summed E-state index contributed by atoms with van der Waals surface area (Å²) in [5.74, 6) is -0.623. The summed E-state index contributed by atoms with van der Waals surface area (Å²) in [5.41, 5.74) is 5.98. The van der Waals surface area contributed by atoms with E-state index in [1.807, 2.05) is 13.8 Å². The van der Waals surface area contributed by atoms with Crippen LogP contribution in [0, 0.1) is 13.8 Å². The smallest absolute Gasteiger partial charge is 0.243 e. The molecule has 0 unspecified atom stereocenters. The molecule has 2 rings (SSSR count). The number of hydrogen-bond acceptors (Lipinski definition) is 6. The van der Waals surface area contributed by atoms with Crippen molar-refractivity contribution in [3.63, 3.8) is 0 Å². The number of rotatable bonds is 6. The van der Waals surface area contributed by atoms with Gasteiger partial charge in [-0.15, -0.1) is 11.3 Å². The average molecular weight is 327 g/mol. The van der Waals surface area contributed by atoms with E-state index in [1.165, 1.54) is 11.3 Å². The van der Waals surface area contributed by atoms with Crippen molar-refractivity contribution >= 4 is 23.2 Å². The molecule has 2 amide bonds. The number of hydrogen-bond donors (Lipinski definition) is 2. The summed E-state index contributed by atoms with van der Waals surface area (Å²) in [6, 6.07) is -0.269. The molecule has 0 spiro atoms. The van der Waals surface area contributed by atoms with Gasteiger partial charge in [0.15, 0.2) is 0 Å². The summed E-state index contributed by atoms with van der Waals surface area (Å²) in [6.45, 7) is 4.58. The number of ether oxygens (including phenoxy) is 2. The van der Waals surface area contributed by atoms with Crippen LogP contribution < -0.4 is 11.1 Å². The minimum absolute atomic E-state index is 0.102. The van der Waals surface area contributed by atoms with Crippen LogP contribution in [-0.2, 0) is 25.5 Å². The van der Waals surface area contributed by atoms with Crippen LogP contribution in [0.25, 0.3) is 0 Å². The minimum Gasteiger partial charge on any atom is -0.379 e. The van der Waals surface area contributed by atoms with Crippen molar-refractivity contribution < 1.29 is 19.1 Å². The van der Waals surface area contributed by atoms with Gasteiger partial charge in [-0.25, -0.2) is 4.98 Å². The van der Waals surface area contributed by atoms with Gasteiger partial charge in [-0.05, 0) is 20.3 Å². The molecule has 0 radical (unpaired) electrons. The third-order valence-corrected chi connectivity index (χ3v) is 4.47. The minimum atomic E-state index is -0.521. The third-order valence-electron chi connectivity index (χ3n) is 3.40. The van der Waals surface area contributed by atoms with Crippen molar-refractivity contribution in [1.82, 2.24) is 10.3 Å². The average Bonchev–Trinajstić information content (AvgIpc) is 2.75. The maximum Gasteiger partial charge on any atom is 0.243 e. The lowest BCUT2D eigenvalue weighted by Gasteiger charge is -2.31. The van der Waals surface area contributed by atoms with Crippen molar-refractivity contribution in [1.29, 1.82) is 0 Å². The zero-order valence-electron chi connectivity index (χ0n) is 12.8. The lowest BCUT2D eigenvalue weighted by atomic mass is 10.1. The third kappa shape index (κ3) is 4.75. The molecule has 8 heteroatoms. The van der Waals surface area contributed by atoms with E-state index in [2.05, 4.69) is 10.3 Å². The Hall–Kier alpha value is -1.51. The largest absolute Gasteiger partial charge is 0.379 e. The van der Waals surface area contributed by atoms with Crippen molar-refractivity contribution in [2.45, 2.75) is 38.8 Å². The van der Waals surface area contributed by atoms with E-state index < -0.39 is 5.91 Å². The second-order valence-electron chi connectivity index (χ2n) is 5.27. The molecule has 2 atom stereocenters. The molecule has 7 nitrogen and oxygen atoms in total. The molecule has 2 heterocycles. The Bertz CT molecular complexity index is 546. The van der Waals surface area contributed by atoms with E-state index in [1.54, 1.807) is 0 Å². The predicted octanol–water partition coefficient (Wildman–Crippen LogP) is 0.0780. The van der Waals surface area contributed by atoms with E-state index in [0.717, 1.165) is 15.6 Å². The fraction of sp³-hybridized carbons (Fsp3) is 0.643. The number of amides is 2. The first-order valence-corrected chi connectivity index (χ1v) is 7.97. The number of carbonyl (C=O) groups excluding carboxylic acids is 2. The maximum atomic E-state index is 12.2. The van der Waals surface area contributed by atoms with Crippen LogP contribution in [0.3, 0.4) is 0 Å². The van der Waals surface area contributed by atoms with E-state index in [4.69, 9.17) is 15.2 Å².